The third kappa shape index (κ3) is 2.99. The number of pyridine rings is 1. The van der Waals surface area contributed by atoms with E-state index in [1.165, 1.54) is 0 Å². The van der Waals surface area contributed by atoms with Crippen molar-refractivity contribution in [3.05, 3.63) is 75.9 Å². The number of aliphatic hydroxyl groups excluding tert-OH is 1. The van der Waals surface area contributed by atoms with E-state index in [2.05, 4.69) is 27.0 Å². The van der Waals surface area contributed by atoms with E-state index in [9.17, 15) is 5.11 Å². The first-order valence-electron chi connectivity index (χ1n) is 6.93. The molecule has 3 aromatic rings. The lowest BCUT2D eigenvalue weighted by Crippen LogP contribution is -2.05. The van der Waals surface area contributed by atoms with Gasteiger partial charge in [-0.3, -0.25) is 4.98 Å². The molecule has 0 radical (unpaired) electrons. The molecule has 0 fully saturated rings. The van der Waals surface area contributed by atoms with Crippen LogP contribution < -0.4 is 0 Å². The largest absolute Gasteiger partial charge is 0.388 e. The molecule has 0 aliphatic rings. The minimum Gasteiger partial charge on any atom is -0.388 e. The van der Waals surface area contributed by atoms with Crippen LogP contribution in [0.3, 0.4) is 0 Å². The maximum atomic E-state index is 10.5. The van der Waals surface area contributed by atoms with Crippen molar-refractivity contribution in [1.29, 1.82) is 0 Å². The molecule has 21 heavy (non-hydrogen) atoms. The van der Waals surface area contributed by atoms with E-state index in [0.717, 1.165) is 32.2 Å². The summed E-state index contributed by atoms with van der Waals surface area (Å²) in [6.07, 6.45) is -0.0292. The highest BCUT2D eigenvalue weighted by Gasteiger charge is 2.13. The molecule has 0 aliphatic carbocycles. The van der Waals surface area contributed by atoms with Crippen molar-refractivity contribution < 1.29 is 5.11 Å². The highest BCUT2D eigenvalue weighted by atomic mass is 79.9. The molecule has 0 saturated carbocycles. The fraction of sp³-hybridized carbons (Fsp3) is 0.167. The van der Waals surface area contributed by atoms with Gasteiger partial charge in [-0.25, -0.2) is 0 Å². The Morgan fingerprint density at radius 3 is 2.71 bits per heavy atom. The lowest BCUT2D eigenvalue weighted by molar-refractivity contribution is 0.176. The van der Waals surface area contributed by atoms with Crippen LogP contribution in [-0.2, 0) is 6.42 Å². The van der Waals surface area contributed by atoms with Gasteiger partial charge in [-0.1, -0.05) is 52.3 Å². The molecule has 2 aromatic carbocycles. The van der Waals surface area contributed by atoms with Crippen LogP contribution in [0.1, 0.15) is 22.9 Å². The predicted octanol–water partition coefficient (Wildman–Crippen LogP) is 4.58. The lowest BCUT2D eigenvalue weighted by atomic mass is 9.99. The van der Waals surface area contributed by atoms with Crippen molar-refractivity contribution in [2.24, 2.45) is 0 Å². The van der Waals surface area contributed by atoms with Gasteiger partial charge in [-0.15, -0.1) is 0 Å². The summed E-state index contributed by atoms with van der Waals surface area (Å²) in [6.45, 7) is 2.01. The molecule has 0 amide bonds. The molecule has 1 atom stereocenters. The Kier molecular flexibility index (Phi) is 4.04. The number of para-hydroxylation sites is 1. The summed E-state index contributed by atoms with van der Waals surface area (Å²) in [5, 5.41) is 11.6. The van der Waals surface area contributed by atoms with Gasteiger partial charge in [-0.2, -0.15) is 0 Å². The van der Waals surface area contributed by atoms with Gasteiger partial charge in [0.1, 0.15) is 0 Å². The van der Waals surface area contributed by atoms with Crippen molar-refractivity contribution in [2.45, 2.75) is 19.4 Å². The minimum absolute atomic E-state index is 0.516. The highest BCUT2D eigenvalue weighted by molar-refractivity contribution is 9.10. The molecule has 106 valence electrons. The summed E-state index contributed by atoms with van der Waals surface area (Å²) in [5.41, 5.74) is 3.89. The van der Waals surface area contributed by atoms with Gasteiger partial charge in [0, 0.05) is 22.0 Å². The van der Waals surface area contributed by atoms with Crippen LogP contribution in [0.4, 0.5) is 0 Å². The van der Waals surface area contributed by atoms with Gasteiger partial charge in [0.25, 0.3) is 0 Å². The normalized spacial score (nSPS) is 12.5. The molecule has 3 heteroatoms. The zero-order valence-electron chi connectivity index (χ0n) is 11.8. The predicted molar refractivity (Wildman–Crippen MR) is 89.3 cm³/mol. The van der Waals surface area contributed by atoms with Crippen LogP contribution >= 0.6 is 15.9 Å². The number of benzene rings is 2. The zero-order chi connectivity index (χ0) is 14.8. The van der Waals surface area contributed by atoms with Crippen LogP contribution in [0.5, 0.6) is 0 Å². The van der Waals surface area contributed by atoms with Gasteiger partial charge < -0.3 is 5.11 Å². The molecule has 1 unspecified atom stereocenters. The summed E-state index contributed by atoms with van der Waals surface area (Å²) in [7, 11) is 0. The number of halogens is 1. The third-order valence-electron chi connectivity index (χ3n) is 3.73. The first-order valence-corrected chi connectivity index (χ1v) is 7.72. The van der Waals surface area contributed by atoms with Crippen molar-refractivity contribution in [3.63, 3.8) is 0 Å². The fourth-order valence-corrected chi connectivity index (χ4v) is 2.90. The van der Waals surface area contributed by atoms with Gasteiger partial charge in [0.2, 0.25) is 0 Å². The first-order chi connectivity index (χ1) is 10.1. The smallest absolute Gasteiger partial charge is 0.0848 e. The number of rotatable bonds is 3. The van der Waals surface area contributed by atoms with Crippen molar-refractivity contribution in [2.75, 3.05) is 0 Å². The molecule has 1 heterocycles. The average Bonchev–Trinajstić information content (AvgIpc) is 2.50. The molecule has 1 N–H and O–H groups in total. The first kappa shape index (κ1) is 14.2. The maximum Gasteiger partial charge on any atom is 0.0848 e. The van der Waals surface area contributed by atoms with E-state index >= 15 is 0 Å². The van der Waals surface area contributed by atoms with Crippen LogP contribution in [-0.4, -0.2) is 10.1 Å². The Morgan fingerprint density at radius 1 is 1.05 bits per heavy atom. The van der Waals surface area contributed by atoms with Crippen LogP contribution in [0.25, 0.3) is 10.9 Å². The number of fused-ring (bicyclic) bond motifs is 1. The molecule has 3 rings (SSSR count). The molecule has 0 aliphatic heterocycles. The average molecular weight is 342 g/mol. The van der Waals surface area contributed by atoms with Gasteiger partial charge in [0.15, 0.2) is 0 Å². The second kappa shape index (κ2) is 5.96. The van der Waals surface area contributed by atoms with Crippen molar-refractivity contribution in [3.8, 4) is 0 Å². The number of hydrogen-bond donors (Lipinski definition) is 1. The Bertz CT molecular complexity index is 785. The van der Waals surface area contributed by atoms with E-state index in [4.69, 9.17) is 0 Å². The van der Waals surface area contributed by atoms with Gasteiger partial charge in [0.05, 0.1) is 11.6 Å². The van der Waals surface area contributed by atoms with E-state index in [1.54, 1.807) is 0 Å². The number of aliphatic hydroxyl groups is 1. The molecule has 0 saturated heterocycles. The van der Waals surface area contributed by atoms with Gasteiger partial charge >= 0.3 is 0 Å². The summed E-state index contributed by atoms with van der Waals surface area (Å²) in [4.78, 5) is 4.62. The van der Waals surface area contributed by atoms with Gasteiger partial charge in [-0.05, 0) is 36.2 Å². The van der Waals surface area contributed by atoms with E-state index < -0.39 is 6.10 Å². The minimum atomic E-state index is -0.545. The zero-order valence-corrected chi connectivity index (χ0v) is 13.3. The summed E-state index contributed by atoms with van der Waals surface area (Å²) < 4.78 is 1.02. The second-order valence-corrected chi connectivity index (χ2v) is 6.02. The van der Waals surface area contributed by atoms with Crippen LogP contribution in [0, 0.1) is 6.92 Å². The van der Waals surface area contributed by atoms with E-state index in [1.807, 2.05) is 55.5 Å². The van der Waals surface area contributed by atoms with E-state index in [0.29, 0.717) is 6.42 Å². The van der Waals surface area contributed by atoms with Crippen molar-refractivity contribution >= 4 is 26.8 Å². The molecular weight excluding hydrogens is 326 g/mol. The molecule has 2 nitrogen and oxygen atoms in total. The number of aromatic nitrogens is 1. The quantitative estimate of drug-likeness (QED) is 0.756. The highest BCUT2D eigenvalue weighted by Crippen LogP contribution is 2.26. The molecule has 1 aromatic heterocycles. The third-order valence-corrected chi connectivity index (χ3v) is 4.59. The monoisotopic (exact) mass is 341 g/mol. The number of hydrogen-bond acceptors (Lipinski definition) is 2. The maximum absolute atomic E-state index is 10.5. The SMILES string of the molecule is Cc1c(Br)cccc1C(O)Cc1ccc2ccccc2n1. The standard InChI is InChI=1S/C18H16BrNO/c1-12-15(6-4-7-16(12)19)18(21)11-14-10-9-13-5-2-3-8-17(13)20-14/h2-10,18,21H,11H2,1H3. The Morgan fingerprint density at radius 2 is 1.86 bits per heavy atom. The Balaban J connectivity index is 1.89. The topological polar surface area (TPSA) is 33.1 Å². The summed E-state index contributed by atoms with van der Waals surface area (Å²) in [5.74, 6) is 0. The molecule has 0 spiro atoms. The lowest BCUT2D eigenvalue weighted by Gasteiger charge is -2.14. The van der Waals surface area contributed by atoms with Crippen LogP contribution in [0.15, 0.2) is 59.1 Å². The summed E-state index contributed by atoms with van der Waals surface area (Å²) in [6, 6.07) is 18.0. The van der Waals surface area contributed by atoms with Crippen LogP contribution in [0.2, 0.25) is 0 Å². The fourth-order valence-electron chi connectivity index (χ4n) is 2.52. The summed E-state index contributed by atoms with van der Waals surface area (Å²) >= 11 is 3.51. The molecular formula is C18H16BrNO. The van der Waals surface area contributed by atoms with E-state index in [-0.39, 0.29) is 0 Å². The Labute approximate surface area is 132 Å². The Hall–Kier alpha value is -1.71. The van der Waals surface area contributed by atoms with Crippen molar-refractivity contribution in [1.82, 2.24) is 4.98 Å². The number of nitrogens with zero attached hydrogens (tertiary/aromatic N) is 1. The molecule has 0 bridgehead atoms. The second-order valence-electron chi connectivity index (χ2n) is 5.17.